The highest BCUT2D eigenvalue weighted by molar-refractivity contribution is 6.30. The maximum atomic E-state index is 5.85. The van der Waals surface area contributed by atoms with Gasteiger partial charge in [-0.1, -0.05) is 32.4 Å². The molecular weight excluding hydrogens is 196 g/mol. The van der Waals surface area contributed by atoms with E-state index in [1.807, 2.05) is 25.1 Å². The van der Waals surface area contributed by atoms with Gasteiger partial charge in [0.25, 0.3) is 0 Å². The summed E-state index contributed by atoms with van der Waals surface area (Å²) in [5.74, 6) is 0.921. The SMILES string of the molecule is Cc1cc(Cl)ccc1OCC(C)(C)C. The van der Waals surface area contributed by atoms with E-state index in [1.54, 1.807) is 0 Å². The van der Waals surface area contributed by atoms with E-state index in [2.05, 4.69) is 20.8 Å². The zero-order valence-corrected chi connectivity index (χ0v) is 9.98. The third kappa shape index (κ3) is 3.59. The van der Waals surface area contributed by atoms with Crippen molar-refractivity contribution in [3.63, 3.8) is 0 Å². The maximum Gasteiger partial charge on any atom is 0.122 e. The second-order valence-corrected chi connectivity index (χ2v) is 5.20. The van der Waals surface area contributed by atoms with Crippen molar-refractivity contribution in [1.82, 2.24) is 0 Å². The molecule has 0 aromatic heterocycles. The Balaban J connectivity index is 2.68. The van der Waals surface area contributed by atoms with Crippen molar-refractivity contribution >= 4 is 11.6 Å². The lowest BCUT2D eigenvalue weighted by Gasteiger charge is -2.19. The maximum absolute atomic E-state index is 5.85. The van der Waals surface area contributed by atoms with Gasteiger partial charge in [0.05, 0.1) is 6.61 Å². The predicted octanol–water partition coefficient (Wildman–Crippen LogP) is 4.07. The molecule has 1 rings (SSSR count). The third-order valence-corrected chi connectivity index (χ3v) is 2.03. The smallest absolute Gasteiger partial charge is 0.122 e. The van der Waals surface area contributed by atoms with Gasteiger partial charge in [-0.3, -0.25) is 0 Å². The highest BCUT2D eigenvalue weighted by atomic mass is 35.5. The predicted molar refractivity (Wildman–Crippen MR) is 61.1 cm³/mol. The summed E-state index contributed by atoms with van der Waals surface area (Å²) >= 11 is 5.85. The minimum absolute atomic E-state index is 0.187. The molecule has 78 valence electrons. The minimum Gasteiger partial charge on any atom is -0.493 e. The average Bonchev–Trinajstić information content (AvgIpc) is 2.00. The van der Waals surface area contributed by atoms with Crippen molar-refractivity contribution in [1.29, 1.82) is 0 Å². The number of ether oxygens (including phenoxy) is 1. The van der Waals surface area contributed by atoms with Gasteiger partial charge in [-0.2, -0.15) is 0 Å². The van der Waals surface area contributed by atoms with Crippen molar-refractivity contribution in [2.24, 2.45) is 5.41 Å². The third-order valence-electron chi connectivity index (χ3n) is 1.80. The minimum atomic E-state index is 0.187. The first-order valence-electron chi connectivity index (χ1n) is 4.77. The Kier molecular flexibility index (Phi) is 3.43. The van der Waals surface area contributed by atoms with Gasteiger partial charge in [-0.25, -0.2) is 0 Å². The lowest BCUT2D eigenvalue weighted by atomic mass is 9.99. The molecule has 1 aromatic carbocycles. The molecule has 1 nitrogen and oxygen atoms in total. The van der Waals surface area contributed by atoms with E-state index in [9.17, 15) is 0 Å². The van der Waals surface area contributed by atoms with E-state index in [4.69, 9.17) is 16.3 Å². The van der Waals surface area contributed by atoms with Crippen molar-refractivity contribution in [2.75, 3.05) is 6.61 Å². The number of rotatable bonds is 2. The molecule has 0 fully saturated rings. The van der Waals surface area contributed by atoms with Gasteiger partial charge in [0, 0.05) is 5.02 Å². The quantitative estimate of drug-likeness (QED) is 0.718. The Morgan fingerprint density at radius 2 is 1.93 bits per heavy atom. The van der Waals surface area contributed by atoms with E-state index >= 15 is 0 Å². The van der Waals surface area contributed by atoms with Crippen LogP contribution < -0.4 is 4.74 Å². The van der Waals surface area contributed by atoms with Crippen LogP contribution in [0.15, 0.2) is 18.2 Å². The van der Waals surface area contributed by atoms with Gasteiger partial charge in [0.2, 0.25) is 0 Å². The van der Waals surface area contributed by atoms with Gasteiger partial charge in [0.1, 0.15) is 5.75 Å². The molecule has 0 saturated carbocycles. The molecule has 0 radical (unpaired) electrons. The fourth-order valence-electron chi connectivity index (χ4n) is 1.07. The summed E-state index contributed by atoms with van der Waals surface area (Å²) in [5, 5.41) is 0.755. The molecule has 2 heteroatoms. The highest BCUT2D eigenvalue weighted by Crippen LogP contribution is 2.24. The molecule has 0 spiro atoms. The summed E-state index contributed by atoms with van der Waals surface area (Å²) in [5.41, 5.74) is 1.27. The molecule has 14 heavy (non-hydrogen) atoms. The van der Waals surface area contributed by atoms with Gasteiger partial charge < -0.3 is 4.74 Å². The van der Waals surface area contributed by atoms with Crippen LogP contribution in [0.4, 0.5) is 0 Å². The Bertz CT molecular complexity index is 313. The van der Waals surface area contributed by atoms with E-state index in [0.29, 0.717) is 0 Å². The van der Waals surface area contributed by atoms with Crippen LogP contribution in [0, 0.1) is 12.3 Å². The molecule has 1 aromatic rings. The Morgan fingerprint density at radius 1 is 1.29 bits per heavy atom. The molecule has 0 saturated heterocycles. The topological polar surface area (TPSA) is 9.23 Å². The molecule has 0 atom stereocenters. The summed E-state index contributed by atoms with van der Waals surface area (Å²) in [6.07, 6.45) is 0. The molecule has 0 aliphatic heterocycles. The first-order chi connectivity index (χ1) is 6.38. The van der Waals surface area contributed by atoms with Crippen LogP contribution in [0.2, 0.25) is 5.02 Å². The van der Waals surface area contributed by atoms with E-state index in [0.717, 1.165) is 22.9 Å². The van der Waals surface area contributed by atoms with Crippen LogP contribution in [0.5, 0.6) is 5.75 Å². The molecule has 0 heterocycles. The van der Waals surface area contributed by atoms with Gasteiger partial charge in [-0.05, 0) is 36.1 Å². The van der Waals surface area contributed by atoms with E-state index in [-0.39, 0.29) is 5.41 Å². The second-order valence-electron chi connectivity index (χ2n) is 4.76. The van der Waals surface area contributed by atoms with Crippen molar-refractivity contribution in [3.8, 4) is 5.75 Å². The normalized spacial score (nSPS) is 11.5. The number of hydrogen-bond acceptors (Lipinski definition) is 1. The van der Waals surface area contributed by atoms with Crippen LogP contribution in [-0.2, 0) is 0 Å². The van der Waals surface area contributed by atoms with Crippen LogP contribution in [0.25, 0.3) is 0 Å². The van der Waals surface area contributed by atoms with Crippen LogP contribution in [0.1, 0.15) is 26.3 Å². The standard InChI is InChI=1S/C12H17ClO/c1-9-7-10(13)5-6-11(9)14-8-12(2,3)4/h5-7H,8H2,1-4H3. The Labute approximate surface area is 91.0 Å². The fraction of sp³-hybridized carbons (Fsp3) is 0.500. The van der Waals surface area contributed by atoms with Gasteiger partial charge >= 0.3 is 0 Å². The summed E-state index contributed by atoms with van der Waals surface area (Å²) in [4.78, 5) is 0. The number of hydrogen-bond donors (Lipinski definition) is 0. The summed E-state index contributed by atoms with van der Waals surface area (Å²) in [7, 11) is 0. The summed E-state index contributed by atoms with van der Waals surface area (Å²) < 4.78 is 5.70. The van der Waals surface area contributed by atoms with Gasteiger partial charge in [0.15, 0.2) is 0 Å². The monoisotopic (exact) mass is 212 g/mol. The molecular formula is C12H17ClO. The van der Waals surface area contributed by atoms with Crippen LogP contribution >= 0.6 is 11.6 Å². The fourth-order valence-corrected chi connectivity index (χ4v) is 1.30. The first-order valence-corrected chi connectivity index (χ1v) is 5.15. The lowest BCUT2D eigenvalue weighted by Crippen LogP contribution is -2.17. The zero-order valence-electron chi connectivity index (χ0n) is 9.23. The van der Waals surface area contributed by atoms with E-state index < -0.39 is 0 Å². The zero-order chi connectivity index (χ0) is 10.8. The van der Waals surface area contributed by atoms with Gasteiger partial charge in [-0.15, -0.1) is 0 Å². The molecule has 0 aliphatic rings. The van der Waals surface area contributed by atoms with Crippen molar-refractivity contribution in [2.45, 2.75) is 27.7 Å². The molecule has 0 bridgehead atoms. The largest absolute Gasteiger partial charge is 0.493 e. The second kappa shape index (κ2) is 4.22. The average molecular weight is 213 g/mol. The highest BCUT2D eigenvalue weighted by Gasteiger charge is 2.11. The number of aryl methyl sites for hydroxylation is 1. The summed E-state index contributed by atoms with van der Waals surface area (Å²) in [6.45, 7) is 9.17. The molecule has 0 aliphatic carbocycles. The van der Waals surface area contributed by atoms with Crippen LogP contribution in [-0.4, -0.2) is 6.61 Å². The first kappa shape index (κ1) is 11.4. The molecule has 0 amide bonds. The Morgan fingerprint density at radius 3 is 2.43 bits per heavy atom. The lowest BCUT2D eigenvalue weighted by molar-refractivity contribution is 0.197. The van der Waals surface area contributed by atoms with Crippen molar-refractivity contribution < 1.29 is 4.74 Å². The summed E-state index contributed by atoms with van der Waals surface area (Å²) in [6, 6.07) is 5.69. The van der Waals surface area contributed by atoms with Crippen LogP contribution in [0.3, 0.4) is 0 Å². The number of benzene rings is 1. The molecule has 0 N–H and O–H groups in total. The van der Waals surface area contributed by atoms with E-state index in [1.165, 1.54) is 0 Å². The Hall–Kier alpha value is -0.690. The molecule has 0 unspecified atom stereocenters. The van der Waals surface area contributed by atoms with Crippen molar-refractivity contribution in [3.05, 3.63) is 28.8 Å². The number of halogens is 1.